The van der Waals surface area contributed by atoms with Gasteiger partial charge >= 0.3 is 11.9 Å². The molecule has 0 aromatic carbocycles. The largest absolute Gasteiger partial charge is 0.465 e. The highest BCUT2D eigenvalue weighted by Gasteiger charge is 2.52. The van der Waals surface area contributed by atoms with Crippen molar-refractivity contribution in [1.29, 1.82) is 0 Å². The third kappa shape index (κ3) is 2.60. The second-order valence-corrected chi connectivity index (χ2v) is 5.74. The number of H-pyrrole nitrogens is 1. The summed E-state index contributed by atoms with van der Waals surface area (Å²) in [6.07, 6.45) is -1.30. The number of aromatic amines is 1. The van der Waals surface area contributed by atoms with Crippen molar-refractivity contribution in [3.8, 4) is 0 Å². The molecule has 0 saturated carbocycles. The number of hydrogen-bond donors (Lipinski definition) is 1. The van der Waals surface area contributed by atoms with E-state index < -0.39 is 29.9 Å². The smallest absolute Gasteiger partial charge is 0.359 e. The van der Waals surface area contributed by atoms with Crippen LogP contribution in [0, 0.1) is 0 Å². The van der Waals surface area contributed by atoms with E-state index in [4.69, 9.17) is 18.9 Å². The fraction of sp³-hybridized carbons (Fsp3) is 0.643. The zero-order valence-electron chi connectivity index (χ0n) is 13.2. The third-order valence-electron chi connectivity index (χ3n) is 3.81. The molecule has 2 saturated heterocycles. The Bertz CT molecular complexity index is 639. The lowest BCUT2D eigenvalue weighted by Gasteiger charge is -2.21. The summed E-state index contributed by atoms with van der Waals surface area (Å²) in [6, 6.07) is 0. The fourth-order valence-electron chi connectivity index (χ4n) is 2.90. The number of fused-ring (bicyclic) bond motifs is 1. The van der Waals surface area contributed by atoms with Crippen LogP contribution in [0.1, 0.15) is 46.5 Å². The summed E-state index contributed by atoms with van der Waals surface area (Å²) in [6.45, 7) is 3.92. The van der Waals surface area contributed by atoms with E-state index in [0.29, 0.717) is 12.3 Å². The average molecular weight is 326 g/mol. The van der Waals surface area contributed by atoms with E-state index >= 15 is 0 Å². The lowest BCUT2D eigenvalue weighted by atomic mass is 10.0. The Morgan fingerprint density at radius 1 is 1.22 bits per heavy atom. The molecule has 2 fully saturated rings. The number of methoxy groups -OCH3 is 2. The zero-order valence-corrected chi connectivity index (χ0v) is 13.2. The van der Waals surface area contributed by atoms with Crippen molar-refractivity contribution in [3.05, 3.63) is 17.0 Å². The number of carbonyl (C=O) groups is 2. The molecule has 23 heavy (non-hydrogen) atoms. The standard InChI is InChI=1S/C14H18N2O7/c1-14(2)22-6-5-21-11(10(6)23-14)8-7(12(17)19-3)9(16-15-8)13(18)20-4/h6,10-11H,5H2,1-4H3,(H,15,16)/t6-,10-,11+/m0/s1. The minimum absolute atomic E-state index is 0.0155. The lowest BCUT2D eigenvalue weighted by Crippen LogP contribution is -2.26. The molecule has 3 atom stereocenters. The molecule has 1 aromatic rings. The number of ether oxygens (including phenoxy) is 5. The van der Waals surface area contributed by atoms with Crippen LogP contribution in [-0.2, 0) is 23.7 Å². The van der Waals surface area contributed by atoms with Gasteiger partial charge in [-0.05, 0) is 13.8 Å². The second kappa shape index (κ2) is 5.59. The predicted octanol–water partition coefficient (Wildman–Crippen LogP) is 0.574. The Morgan fingerprint density at radius 2 is 1.91 bits per heavy atom. The topological polar surface area (TPSA) is 109 Å². The number of carbonyl (C=O) groups excluding carboxylic acids is 2. The SMILES string of the molecule is COC(=O)c1n[nH]c([C@H]2OC[C@@H]3OC(C)(C)O[C@@H]32)c1C(=O)OC. The van der Waals surface area contributed by atoms with Crippen LogP contribution >= 0.6 is 0 Å². The Hall–Kier alpha value is -1.97. The Kier molecular flexibility index (Phi) is 3.86. The predicted molar refractivity (Wildman–Crippen MR) is 73.8 cm³/mol. The first-order chi connectivity index (χ1) is 10.9. The molecule has 9 nitrogen and oxygen atoms in total. The van der Waals surface area contributed by atoms with Crippen LogP contribution in [0.15, 0.2) is 0 Å². The van der Waals surface area contributed by atoms with Gasteiger partial charge in [-0.3, -0.25) is 5.10 Å². The van der Waals surface area contributed by atoms with Crippen molar-refractivity contribution in [1.82, 2.24) is 10.2 Å². The van der Waals surface area contributed by atoms with Crippen LogP contribution < -0.4 is 0 Å². The first kappa shape index (κ1) is 15.9. The van der Waals surface area contributed by atoms with Gasteiger partial charge in [-0.1, -0.05) is 0 Å². The molecule has 0 bridgehead atoms. The van der Waals surface area contributed by atoms with E-state index in [2.05, 4.69) is 14.9 Å². The Labute approximate surface area is 132 Å². The number of nitrogens with zero attached hydrogens (tertiary/aromatic N) is 1. The van der Waals surface area contributed by atoms with Gasteiger partial charge in [0, 0.05) is 0 Å². The molecule has 0 spiro atoms. The van der Waals surface area contributed by atoms with Gasteiger partial charge in [0.15, 0.2) is 11.5 Å². The fourth-order valence-corrected chi connectivity index (χ4v) is 2.90. The maximum absolute atomic E-state index is 12.1. The van der Waals surface area contributed by atoms with Crippen LogP contribution in [0.2, 0.25) is 0 Å². The highest BCUT2D eigenvalue weighted by molar-refractivity contribution is 6.02. The second-order valence-electron chi connectivity index (χ2n) is 5.74. The quantitative estimate of drug-likeness (QED) is 0.803. The van der Waals surface area contributed by atoms with Crippen molar-refractivity contribution in [2.24, 2.45) is 0 Å². The van der Waals surface area contributed by atoms with Gasteiger partial charge in [-0.15, -0.1) is 0 Å². The minimum Gasteiger partial charge on any atom is -0.465 e. The number of rotatable bonds is 3. The molecule has 2 aliphatic rings. The van der Waals surface area contributed by atoms with Crippen LogP contribution in [-0.4, -0.2) is 61.0 Å². The third-order valence-corrected chi connectivity index (χ3v) is 3.81. The van der Waals surface area contributed by atoms with Gasteiger partial charge in [0.25, 0.3) is 0 Å². The molecule has 2 aliphatic heterocycles. The molecule has 1 N–H and O–H groups in total. The highest BCUT2D eigenvalue weighted by atomic mass is 16.8. The molecular weight excluding hydrogens is 308 g/mol. The summed E-state index contributed by atoms with van der Waals surface area (Å²) in [7, 11) is 2.42. The normalized spacial score (nSPS) is 28.4. The van der Waals surface area contributed by atoms with E-state index in [1.165, 1.54) is 14.2 Å². The van der Waals surface area contributed by atoms with Gasteiger partial charge in [-0.2, -0.15) is 5.10 Å². The van der Waals surface area contributed by atoms with Gasteiger partial charge in [0.05, 0.1) is 26.5 Å². The van der Waals surface area contributed by atoms with E-state index in [1.54, 1.807) is 13.8 Å². The van der Waals surface area contributed by atoms with Gasteiger partial charge in [0.2, 0.25) is 0 Å². The minimum atomic E-state index is -0.744. The molecule has 0 unspecified atom stereocenters. The van der Waals surface area contributed by atoms with E-state index in [0.717, 1.165) is 0 Å². The zero-order chi connectivity index (χ0) is 16.8. The molecule has 3 rings (SSSR count). The van der Waals surface area contributed by atoms with E-state index in [1.807, 2.05) is 0 Å². The van der Waals surface area contributed by atoms with Crippen LogP contribution in [0.25, 0.3) is 0 Å². The molecule has 0 amide bonds. The molecule has 3 heterocycles. The molecule has 9 heteroatoms. The number of aromatic nitrogens is 2. The summed E-state index contributed by atoms with van der Waals surface area (Å²) in [5, 5.41) is 6.55. The summed E-state index contributed by atoms with van der Waals surface area (Å²) in [5.74, 6) is -2.20. The van der Waals surface area contributed by atoms with Crippen LogP contribution in [0.5, 0.6) is 0 Å². The van der Waals surface area contributed by atoms with E-state index in [-0.39, 0.29) is 17.4 Å². The summed E-state index contributed by atoms with van der Waals surface area (Å²) < 4.78 is 26.6. The van der Waals surface area contributed by atoms with Crippen LogP contribution in [0.4, 0.5) is 0 Å². The number of esters is 2. The molecule has 1 aromatic heterocycles. The van der Waals surface area contributed by atoms with Crippen LogP contribution in [0.3, 0.4) is 0 Å². The number of hydrogen-bond acceptors (Lipinski definition) is 8. The summed E-state index contributed by atoms with van der Waals surface area (Å²) in [5.41, 5.74) is 0.143. The van der Waals surface area contributed by atoms with Crippen molar-refractivity contribution < 1.29 is 33.3 Å². The maximum atomic E-state index is 12.1. The summed E-state index contributed by atoms with van der Waals surface area (Å²) >= 11 is 0. The van der Waals surface area contributed by atoms with Gasteiger partial charge in [0.1, 0.15) is 23.9 Å². The summed E-state index contributed by atoms with van der Waals surface area (Å²) in [4.78, 5) is 23.9. The molecule has 0 radical (unpaired) electrons. The Balaban J connectivity index is 1.98. The lowest BCUT2D eigenvalue weighted by molar-refractivity contribution is -0.176. The van der Waals surface area contributed by atoms with Crippen molar-refractivity contribution in [3.63, 3.8) is 0 Å². The van der Waals surface area contributed by atoms with Gasteiger partial charge < -0.3 is 23.7 Å². The molecule has 0 aliphatic carbocycles. The van der Waals surface area contributed by atoms with Crippen molar-refractivity contribution in [2.45, 2.75) is 37.9 Å². The molecule has 126 valence electrons. The van der Waals surface area contributed by atoms with E-state index in [9.17, 15) is 9.59 Å². The average Bonchev–Trinajstić information content (AvgIpc) is 3.16. The molecular formula is C14H18N2O7. The van der Waals surface area contributed by atoms with Gasteiger partial charge in [-0.25, -0.2) is 9.59 Å². The highest BCUT2D eigenvalue weighted by Crippen LogP contribution is 2.42. The van der Waals surface area contributed by atoms with Crippen molar-refractivity contribution in [2.75, 3.05) is 20.8 Å². The maximum Gasteiger partial charge on any atom is 0.359 e. The number of nitrogens with one attached hydrogen (secondary N) is 1. The monoisotopic (exact) mass is 326 g/mol. The van der Waals surface area contributed by atoms with Crippen molar-refractivity contribution >= 4 is 11.9 Å². The first-order valence-corrected chi connectivity index (χ1v) is 7.10. The Morgan fingerprint density at radius 3 is 2.57 bits per heavy atom. The first-order valence-electron chi connectivity index (χ1n) is 7.10.